The van der Waals surface area contributed by atoms with Crippen molar-refractivity contribution in [2.24, 2.45) is 0 Å². The molecule has 0 unspecified atom stereocenters. The van der Waals surface area contributed by atoms with Crippen LogP contribution in [-0.4, -0.2) is 14.5 Å². The van der Waals surface area contributed by atoms with Gasteiger partial charge in [-0.1, -0.05) is 152 Å². The monoisotopic (exact) mass is 673 g/mol. The lowest BCUT2D eigenvalue weighted by Gasteiger charge is -2.18. The van der Waals surface area contributed by atoms with Crippen molar-refractivity contribution in [3.05, 3.63) is 188 Å². The topological polar surface area (TPSA) is 30.7 Å². The van der Waals surface area contributed by atoms with Crippen molar-refractivity contribution in [3.8, 4) is 39.3 Å². The minimum Gasteiger partial charge on any atom is -0.308 e. The van der Waals surface area contributed by atoms with Gasteiger partial charge in [0.05, 0.1) is 39.1 Å². The zero-order chi connectivity index (χ0) is 34.9. The average Bonchev–Trinajstić information content (AvgIpc) is 3.57. The molecule has 2 heterocycles. The van der Waals surface area contributed by atoms with Crippen LogP contribution in [0.25, 0.3) is 104 Å². The van der Waals surface area contributed by atoms with Crippen molar-refractivity contribution >= 4 is 65.2 Å². The largest absolute Gasteiger partial charge is 0.308 e. The van der Waals surface area contributed by atoms with Crippen LogP contribution in [0.15, 0.2) is 188 Å². The maximum atomic E-state index is 5.29. The Kier molecular flexibility index (Phi) is 6.55. The summed E-state index contributed by atoms with van der Waals surface area (Å²) in [6.07, 6.45) is 0. The lowest BCUT2D eigenvalue weighted by Crippen LogP contribution is -2.00. The van der Waals surface area contributed by atoms with E-state index in [1.807, 2.05) is 30.3 Å². The standard InChI is InChI=1S/C50H31N3/c1-3-15-32(16-4-1)41-30-36(49-48(33-17-5-2-6-18-33)51-43-25-13-14-26-44(43)52-49)27-28-45(41)53-46-31-35-20-8-7-19-34(35)29-42(46)47-39-23-11-9-21-37(39)38-22-10-12-24-40(38)50(47)53/h1-31H. The normalized spacial score (nSPS) is 11.8. The van der Waals surface area contributed by atoms with Crippen LogP contribution in [0.5, 0.6) is 0 Å². The summed E-state index contributed by atoms with van der Waals surface area (Å²) < 4.78 is 2.52. The molecule has 3 heteroatoms. The number of aromatic nitrogens is 3. The Labute approximate surface area is 306 Å². The van der Waals surface area contributed by atoms with Crippen LogP contribution in [0, 0.1) is 0 Å². The fourth-order valence-electron chi connectivity index (χ4n) is 8.34. The van der Waals surface area contributed by atoms with Crippen LogP contribution in [0.3, 0.4) is 0 Å². The van der Waals surface area contributed by atoms with Crippen molar-refractivity contribution < 1.29 is 0 Å². The maximum absolute atomic E-state index is 5.29. The quantitative estimate of drug-likeness (QED) is 0.174. The Morgan fingerprint density at radius 3 is 1.58 bits per heavy atom. The molecule has 246 valence electrons. The highest BCUT2D eigenvalue weighted by molar-refractivity contribution is 6.33. The summed E-state index contributed by atoms with van der Waals surface area (Å²) in [6, 6.07) is 67.3. The minimum atomic E-state index is 0.864. The van der Waals surface area contributed by atoms with Gasteiger partial charge >= 0.3 is 0 Å². The summed E-state index contributed by atoms with van der Waals surface area (Å²) >= 11 is 0. The van der Waals surface area contributed by atoms with Gasteiger partial charge in [0, 0.05) is 32.8 Å². The molecule has 0 aliphatic heterocycles. The van der Waals surface area contributed by atoms with E-state index >= 15 is 0 Å². The smallest absolute Gasteiger partial charge is 0.0973 e. The van der Waals surface area contributed by atoms with Crippen LogP contribution in [0.1, 0.15) is 0 Å². The van der Waals surface area contributed by atoms with E-state index in [0.717, 1.165) is 50.4 Å². The van der Waals surface area contributed by atoms with Gasteiger partial charge in [0.1, 0.15) is 0 Å². The van der Waals surface area contributed by atoms with Crippen molar-refractivity contribution in [2.45, 2.75) is 0 Å². The van der Waals surface area contributed by atoms with Crippen LogP contribution < -0.4 is 0 Å². The first kappa shape index (κ1) is 29.6. The number of para-hydroxylation sites is 2. The van der Waals surface area contributed by atoms with Crippen LogP contribution in [-0.2, 0) is 0 Å². The van der Waals surface area contributed by atoms with Gasteiger partial charge in [0.2, 0.25) is 0 Å². The van der Waals surface area contributed by atoms with E-state index in [2.05, 4.69) is 162 Å². The molecule has 3 nitrogen and oxygen atoms in total. The highest BCUT2D eigenvalue weighted by atomic mass is 15.0. The molecule has 0 radical (unpaired) electrons. The summed E-state index contributed by atoms with van der Waals surface area (Å²) in [6.45, 7) is 0. The molecule has 0 saturated heterocycles. The third kappa shape index (κ3) is 4.61. The van der Waals surface area contributed by atoms with E-state index < -0.39 is 0 Å². The molecule has 0 fully saturated rings. The lowest BCUT2D eigenvalue weighted by molar-refractivity contribution is 1.19. The van der Waals surface area contributed by atoms with Crippen LogP contribution in [0.2, 0.25) is 0 Å². The van der Waals surface area contributed by atoms with Crippen molar-refractivity contribution in [1.82, 2.24) is 14.5 Å². The van der Waals surface area contributed by atoms with Gasteiger partial charge in [-0.2, -0.15) is 0 Å². The predicted molar refractivity (Wildman–Crippen MR) is 223 cm³/mol. The molecule has 0 atom stereocenters. The van der Waals surface area contributed by atoms with Crippen molar-refractivity contribution in [3.63, 3.8) is 0 Å². The second-order valence-electron chi connectivity index (χ2n) is 13.7. The summed E-state index contributed by atoms with van der Waals surface area (Å²) in [5, 5.41) is 9.98. The second-order valence-corrected chi connectivity index (χ2v) is 13.7. The molecular weight excluding hydrogens is 643 g/mol. The van der Waals surface area contributed by atoms with Gasteiger partial charge in [0.25, 0.3) is 0 Å². The number of rotatable bonds is 4. The van der Waals surface area contributed by atoms with E-state index in [0.29, 0.717) is 0 Å². The molecule has 53 heavy (non-hydrogen) atoms. The minimum absolute atomic E-state index is 0.864. The maximum Gasteiger partial charge on any atom is 0.0973 e. The molecule has 2 aromatic heterocycles. The SMILES string of the molecule is c1ccc(-c2cc(-c3nc4ccccc4nc3-c3ccccc3)ccc2-n2c3cc4ccccc4cc3c3c4ccccc4c4ccccc4c32)cc1. The molecule has 9 aromatic carbocycles. The third-order valence-electron chi connectivity index (χ3n) is 10.7. The molecule has 0 amide bonds. The van der Waals surface area contributed by atoms with Crippen molar-refractivity contribution in [1.29, 1.82) is 0 Å². The first-order valence-corrected chi connectivity index (χ1v) is 18.1. The van der Waals surface area contributed by atoms with Crippen LogP contribution in [0.4, 0.5) is 0 Å². The van der Waals surface area contributed by atoms with Gasteiger partial charge in [-0.3, -0.25) is 0 Å². The Morgan fingerprint density at radius 1 is 0.358 bits per heavy atom. The van der Waals surface area contributed by atoms with E-state index in [-0.39, 0.29) is 0 Å². The average molecular weight is 674 g/mol. The number of nitrogens with zero attached hydrogens (tertiary/aromatic N) is 3. The molecule has 0 aliphatic carbocycles. The Hall–Kier alpha value is -7.10. The van der Waals surface area contributed by atoms with E-state index in [9.17, 15) is 0 Å². The van der Waals surface area contributed by atoms with Gasteiger partial charge in [-0.05, 0) is 68.9 Å². The second kappa shape index (κ2) is 11.7. The predicted octanol–water partition coefficient (Wildman–Crippen LogP) is 13.2. The van der Waals surface area contributed by atoms with Gasteiger partial charge in [0.15, 0.2) is 0 Å². The molecule has 11 aromatic rings. The van der Waals surface area contributed by atoms with E-state index in [4.69, 9.17) is 9.97 Å². The summed E-state index contributed by atoms with van der Waals surface area (Å²) in [7, 11) is 0. The zero-order valence-electron chi connectivity index (χ0n) is 28.7. The van der Waals surface area contributed by atoms with Gasteiger partial charge in [-0.15, -0.1) is 0 Å². The fourth-order valence-corrected chi connectivity index (χ4v) is 8.34. The molecule has 11 rings (SSSR count). The van der Waals surface area contributed by atoms with Gasteiger partial charge < -0.3 is 4.57 Å². The van der Waals surface area contributed by atoms with Crippen LogP contribution >= 0.6 is 0 Å². The first-order valence-electron chi connectivity index (χ1n) is 18.1. The highest BCUT2D eigenvalue weighted by Crippen LogP contribution is 2.45. The molecule has 0 spiro atoms. The number of hydrogen-bond acceptors (Lipinski definition) is 2. The van der Waals surface area contributed by atoms with Gasteiger partial charge in [-0.25, -0.2) is 9.97 Å². The number of hydrogen-bond donors (Lipinski definition) is 0. The van der Waals surface area contributed by atoms with Crippen molar-refractivity contribution in [2.75, 3.05) is 0 Å². The highest BCUT2D eigenvalue weighted by Gasteiger charge is 2.23. The Balaban J connectivity index is 1.29. The zero-order valence-corrected chi connectivity index (χ0v) is 28.7. The molecule has 0 aliphatic rings. The summed E-state index contributed by atoms with van der Waals surface area (Å²) in [4.78, 5) is 10.5. The number of fused-ring (bicyclic) bond motifs is 10. The Morgan fingerprint density at radius 2 is 0.887 bits per heavy atom. The number of benzene rings is 9. The van der Waals surface area contributed by atoms with E-state index in [1.54, 1.807) is 0 Å². The molecule has 0 bridgehead atoms. The summed E-state index contributed by atoms with van der Waals surface area (Å²) in [5.41, 5.74) is 11.3. The first-order chi connectivity index (χ1) is 26.3. The lowest BCUT2D eigenvalue weighted by atomic mass is 9.95. The fraction of sp³-hybridized carbons (Fsp3) is 0. The molecule has 0 N–H and O–H groups in total. The summed E-state index contributed by atoms with van der Waals surface area (Å²) in [5.74, 6) is 0. The van der Waals surface area contributed by atoms with E-state index in [1.165, 1.54) is 54.1 Å². The third-order valence-corrected chi connectivity index (χ3v) is 10.7. The molecular formula is C50H31N3. The Bertz CT molecular complexity index is 3210. The molecule has 0 saturated carbocycles.